The van der Waals surface area contributed by atoms with Gasteiger partial charge in [0.1, 0.15) is 16.9 Å². The quantitative estimate of drug-likeness (QED) is 0.846. The van der Waals surface area contributed by atoms with Crippen molar-refractivity contribution in [1.82, 2.24) is 0 Å². The van der Waals surface area contributed by atoms with Crippen LogP contribution in [0.5, 0.6) is 11.5 Å². The molecule has 0 aliphatic carbocycles. The molecule has 16 heavy (non-hydrogen) atoms. The molecule has 0 aromatic heterocycles. The highest BCUT2D eigenvalue weighted by Crippen LogP contribution is 2.50. The van der Waals surface area contributed by atoms with Gasteiger partial charge in [0.25, 0.3) is 0 Å². The predicted octanol–water partition coefficient (Wildman–Crippen LogP) is 3.93. The van der Waals surface area contributed by atoms with Crippen molar-refractivity contribution >= 4 is 11.8 Å². The van der Waals surface area contributed by atoms with Gasteiger partial charge < -0.3 is 9.84 Å². The Bertz CT molecular complexity index is 390. The fourth-order valence-electron chi connectivity index (χ4n) is 2.00. The second-order valence-corrected chi connectivity index (χ2v) is 5.51. The topological polar surface area (TPSA) is 29.5 Å². The minimum Gasteiger partial charge on any atom is -0.507 e. The molecule has 1 aliphatic rings. The maximum Gasteiger partial charge on any atom is 0.149 e. The van der Waals surface area contributed by atoms with Gasteiger partial charge in [-0.05, 0) is 38.3 Å². The molecule has 0 saturated carbocycles. The van der Waals surface area contributed by atoms with Gasteiger partial charge in [-0.15, -0.1) is 0 Å². The van der Waals surface area contributed by atoms with E-state index >= 15 is 0 Å². The van der Waals surface area contributed by atoms with Crippen LogP contribution in [0.2, 0.25) is 0 Å². The van der Waals surface area contributed by atoms with E-state index in [4.69, 9.17) is 4.74 Å². The Kier molecular flexibility index (Phi) is 3.06. The number of phenolic OH excluding ortho intramolecular Hbond substituents is 1. The van der Waals surface area contributed by atoms with Gasteiger partial charge in [0.2, 0.25) is 0 Å². The average molecular weight is 238 g/mol. The van der Waals surface area contributed by atoms with Crippen LogP contribution in [-0.2, 0) is 0 Å². The fraction of sp³-hybridized carbons (Fsp3) is 0.538. The molecule has 0 amide bonds. The maximum absolute atomic E-state index is 10.00. The molecule has 1 heterocycles. The Balaban J connectivity index is 2.45. The molecule has 0 radical (unpaired) electrons. The highest BCUT2D eigenvalue weighted by atomic mass is 32.2. The van der Waals surface area contributed by atoms with Crippen LogP contribution in [0, 0.1) is 20.8 Å². The van der Waals surface area contributed by atoms with Crippen molar-refractivity contribution in [3.8, 4) is 11.5 Å². The number of phenols is 1. The SMILES string of the molecule is CCC[C@H]1Oc2c(C)c(C)c(O)c(C)c2S1. The lowest BCUT2D eigenvalue weighted by Crippen LogP contribution is -2.06. The van der Waals surface area contributed by atoms with Crippen LogP contribution in [-0.4, -0.2) is 10.5 Å². The lowest BCUT2D eigenvalue weighted by molar-refractivity contribution is 0.280. The number of hydrogen-bond donors (Lipinski definition) is 1. The van der Waals surface area contributed by atoms with Crippen molar-refractivity contribution in [2.45, 2.75) is 50.9 Å². The van der Waals surface area contributed by atoms with Crippen molar-refractivity contribution in [1.29, 1.82) is 0 Å². The molecule has 1 aromatic carbocycles. The van der Waals surface area contributed by atoms with Crippen LogP contribution >= 0.6 is 11.8 Å². The number of thioether (sulfide) groups is 1. The molecule has 2 rings (SSSR count). The van der Waals surface area contributed by atoms with Gasteiger partial charge >= 0.3 is 0 Å². The number of benzene rings is 1. The number of fused-ring (bicyclic) bond motifs is 1. The van der Waals surface area contributed by atoms with Gasteiger partial charge in [-0.1, -0.05) is 25.1 Å². The van der Waals surface area contributed by atoms with Gasteiger partial charge in [-0.25, -0.2) is 0 Å². The summed E-state index contributed by atoms with van der Waals surface area (Å²) in [6, 6.07) is 0. The third-order valence-corrected chi connectivity index (χ3v) is 4.51. The minimum atomic E-state index is 0.221. The van der Waals surface area contributed by atoms with Crippen molar-refractivity contribution in [2.75, 3.05) is 0 Å². The highest BCUT2D eigenvalue weighted by molar-refractivity contribution is 8.00. The monoisotopic (exact) mass is 238 g/mol. The van der Waals surface area contributed by atoms with E-state index in [9.17, 15) is 5.11 Å². The third kappa shape index (κ3) is 1.67. The van der Waals surface area contributed by atoms with Crippen LogP contribution in [0.3, 0.4) is 0 Å². The first-order valence-electron chi connectivity index (χ1n) is 5.72. The molecule has 1 aliphatic heterocycles. The van der Waals surface area contributed by atoms with Crippen molar-refractivity contribution < 1.29 is 9.84 Å². The molecule has 2 nitrogen and oxygen atoms in total. The van der Waals surface area contributed by atoms with Crippen molar-refractivity contribution in [3.05, 3.63) is 16.7 Å². The van der Waals surface area contributed by atoms with E-state index in [0.29, 0.717) is 5.75 Å². The summed E-state index contributed by atoms with van der Waals surface area (Å²) in [4.78, 5) is 1.12. The lowest BCUT2D eigenvalue weighted by Gasteiger charge is -2.12. The van der Waals surface area contributed by atoms with Gasteiger partial charge in [-0.2, -0.15) is 0 Å². The van der Waals surface area contributed by atoms with Gasteiger partial charge in [-0.3, -0.25) is 0 Å². The van der Waals surface area contributed by atoms with E-state index in [1.165, 1.54) is 0 Å². The molecule has 0 spiro atoms. The Labute approximate surface area is 101 Å². The maximum atomic E-state index is 10.00. The summed E-state index contributed by atoms with van der Waals surface area (Å²) in [6.45, 7) is 8.09. The summed E-state index contributed by atoms with van der Waals surface area (Å²) in [5, 5.41) is 10.00. The molecular formula is C13H18O2S. The average Bonchev–Trinajstić information content (AvgIpc) is 2.68. The summed E-state index contributed by atoms with van der Waals surface area (Å²) >= 11 is 1.74. The van der Waals surface area contributed by atoms with E-state index in [2.05, 4.69) is 6.92 Å². The first-order chi connectivity index (χ1) is 7.56. The van der Waals surface area contributed by atoms with E-state index in [1.54, 1.807) is 11.8 Å². The summed E-state index contributed by atoms with van der Waals surface area (Å²) in [5.41, 5.74) is 3.19. The number of rotatable bonds is 2. The standard InChI is InChI=1S/C13H18O2S/c1-5-6-10-15-12-8(3)7(2)11(14)9(4)13(12)16-10/h10,14H,5-6H2,1-4H3/t10-/m0/s1. The first-order valence-corrected chi connectivity index (χ1v) is 6.60. The van der Waals surface area contributed by atoms with E-state index in [-0.39, 0.29) is 5.44 Å². The molecule has 1 aromatic rings. The summed E-state index contributed by atoms with van der Waals surface area (Å²) in [7, 11) is 0. The predicted molar refractivity (Wildman–Crippen MR) is 67.5 cm³/mol. The summed E-state index contributed by atoms with van der Waals surface area (Å²) < 4.78 is 5.95. The molecule has 0 fully saturated rings. The van der Waals surface area contributed by atoms with E-state index < -0.39 is 0 Å². The Morgan fingerprint density at radius 3 is 2.50 bits per heavy atom. The molecule has 1 N–H and O–H groups in total. The number of ether oxygens (including phenoxy) is 1. The zero-order valence-electron chi connectivity index (χ0n) is 10.3. The normalized spacial score (nSPS) is 18.4. The zero-order valence-corrected chi connectivity index (χ0v) is 11.1. The van der Waals surface area contributed by atoms with Gasteiger partial charge in [0, 0.05) is 5.56 Å². The van der Waals surface area contributed by atoms with Crippen LogP contribution in [0.1, 0.15) is 36.5 Å². The molecule has 88 valence electrons. The summed E-state index contributed by atoms with van der Waals surface area (Å²) in [6.07, 6.45) is 2.17. The fourth-order valence-corrected chi connectivity index (χ4v) is 3.34. The van der Waals surface area contributed by atoms with Gasteiger partial charge in [0.15, 0.2) is 0 Å². The lowest BCUT2D eigenvalue weighted by atomic mass is 10.0. The second kappa shape index (κ2) is 4.21. The molecule has 0 bridgehead atoms. The minimum absolute atomic E-state index is 0.221. The molecule has 0 saturated heterocycles. The Morgan fingerprint density at radius 2 is 1.88 bits per heavy atom. The smallest absolute Gasteiger partial charge is 0.149 e. The van der Waals surface area contributed by atoms with Crippen LogP contribution in [0.25, 0.3) is 0 Å². The molecular weight excluding hydrogens is 220 g/mol. The summed E-state index contributed by atoms with van der Waals surface area (Å²) in [5.74, 6) is 1.40. The highest BCUT2D eigenvalue weighted by Gasteiger charge is 2.29. The Hall–Kier alpha value is -0.830. The molecule has 3 heteroatoms. The molecule has 0 unspecified atom stereocenters. The second-order valence-electron chi connectivity index (χ2n) is 4.34. The van der Waals surface area contributed by atoms with Crippen molar-refractivity contribution in [3.63, 3.8) is 0 Å². The van der Waals surface area contributed by atoms with Crippen LogP contribution in [0.15, 0.2) is 4.90 Å². The van der Waals surface area contributed by atoms with Crippen LogP contribution in [0.4, 0.5) is 0 Å². The largest absolute Gasteiger partial charge is 0.507 e. The van der Waals surface area contributed by atoms with E-state index in [1.807, 2.05) is 20.8 Å². The third-order valence-electron chi connectivity index (χ3n) is 3.18. The first kappa shape index (κ1) is 11.6. The van der Waals surface area contributed by atoms with Crippen molar-refractivity contribution in [2.24, 2.45) is 0 Å². The zero-order chi connectivity index (χ0) is 11.9. The molecule has 1 atom stereocenters. The number of aromatic hydroxyl groups is 1. The van der Waals surface area contributed by atoms with E-state index in [0.717, 1.165) is 40.2 Å². The number of hydrogen-bond acceptors (Lipinski definition) is 3. The Morgan fingerprint density at radius 1 is 1.19 bits per heavy atom. The van der Waals surface area contributed by atoms with Gasteiger partial charge in [0.05, 0.1) is 4.90 Å². The van der Waals surface area contributed by atoms with Crippen LogP contribution < -0.4 is 4.74 Å².